The topological polar surface area (TPSA) is 102 Å². The van der Waals surface area contributed by atoms with Crippen LogP contribution >= 0.6 is 0 Å². The minimum atomic E-state index is -3.69. The zero-order chi connectivity index (χ0) is 22.4. The van der Waals surface area contributed by atoms with Crippen molar-refractivity contribution in [2.24, 2.45) is 0 Å². The lowest BCUT2D eigenvalue weighted by Gasteiger charge is -2.34. The highest BCUT2D eigenvalue weighted by atomic mass is 32.2. The molecule has 2 atom stereocenters. The number of nitrogens with zero attached hydrogens (tertiary/aromatic N) is 1. The minimum absolute atomic E-state index is 0.0888. The summed E-state index contributed by atoms with van der Waals surface area (Å²) in [5.74, 6) is -1.13. The molecule has 1 saturated heterocycles. The van der Waals surface area contributed by atoms with Gasteiger partial charge in [-0.3, -0.25) is 4.79 Å². The van der Waals surface area contributed by atoms with Gasteiger partial charge in [-0.15, -0.1) is 0 Å². The van der Waals surface area contributed by atoms with E-state index in [1.165, 1.54) is 28.6 Å². The molecule has 3 rings (SSSR count). The Labute approximate surface area is 182 Å². The van der Waals surface area contributed by atoms with Crippen LogP contribution in [0.25, 0.3) is 0 Å². The van der Waals surface area contributed by atoms with Gasteiger partial charge < -0.3 is 14.8 Å². The molecule has 166 valence electrons. The van der Waals surface area contributed by atoms with Crippen molar-refractivity contribution in [1.82, 2.24) is 9.62 Å². The highest BCUT2D eigenvalue weighted by Gasteiger charge is 2.32. The Morgan fingerprint density at radius 1 is 1.03 bits per heavy atom. The van der Waals surface area contributed by atoms with E-state index in [0.717, 1.165) is 5.56 Å². The van der Waals surface area contributed by atoms with Crippen LogP contribution < -0.4 is 5.32 Å². The Hall–Kier alpha value is -2.75. The second kappa shape index (κ2) is 10.0. The maximum Gasteiger partial charge on any atom is 0.338 e. The average Bonchev–Trinajstić information content (AvgIpc) is 2.76. The summed E-state index contributed by atoms with van der Waals surface area (Å²) in [6.45, 7) is 4.11. The van der Waals surface area contributed by atoms with Crippen LogP contribution in [0.4, 0.5) is 0 Å². The highest BCUT2D eigenvalue weighted by Crippen LogP contribution is 2.21. The standard InChI is InChI=1S/C22H26N2O6S/c1-16-13-24(14-17(2)30-16)31(27,28)20-10-8-19(9-11-20)22(26)29-15-21(25)23-12-18-6-4-3-5-7-18/h3-11,16-17H,12-15H2,1-2H3,(H,23,25). The molecular weight excluding hydrogens is 420 g/mol. The fourth-order valence-corrected chi connectivity index (χ4v) is 4.89. The monoisotopic (exact) mass is 446 g/mol. The molecule has 0 bridgehead atoms. The molecule has 2 aromatic rings. The number of morpholine rings is 1. The Morgan fingerprint density at radius 2 is 1.65 bits per heavy atom. The van der Waals surface area contributed by atoms with Gasteiger partial charge in [-0.25, -0.2) is 13.2 Å². The molecule has 1 heterocycles. The van der Waals surface area contributed by atoms with Gasteiger partial charge in [0, 0.05) is 19.6 Å². The number of nitrogens with one attached hydrogen (secondary N) is 1. The molecule has 1 aliphatic heterocycles. The molecule has 0 aromatic heterocycles. The van der Waals surface area contributed by atoms with Crippen molar-refractivity contribution >= 4 is 21.9 Å². The van der Waals surface area contributed by atoms with Crippen molar-refractivity contribution in [3.63, 3.8) is 0 Å². The number of benzene rings is 2. The first-order chi connectivity index (χ1) is 14.8. The SMILES string of the molecule is CC1CN(S(=O)(=O)c2ccc(C(=O)OCC(=O)NCc3ccccc3)cc2)CC(C)O1. The Balaban J connectivity index is 1.54. The zero-order valence-corrected chi connectivity index (χ0v) is 18.3. The molecule has 1 N–H and O–H groups in total. The average molecular weight is 447 g/mol. The summed E-state index contributed by atoms with van der Waals surface area (Å²) in [5.41, 5.74) is 1.10. The number of sulfonamides is 1. The van der Waals surface area contributed by atoms with Gasteiger partial charge in [0.2, 0.25) is 10.0 Å². The normalized spacial score (nSPS) is 19.5. The lowest BCUT2D eigenvalue weighted by Crippen LogP contribution is -2.48. The number of amides is 1. The Bertz CT molecular complexity index is 998. The van der Waals surface area contributed by atoms with Gasteiger partial charge in [-0.05, 0) is 43.7 Å². The molecule has 2 aromatic carbocycles. The van der Waals surface area contributed by atoms with Crippen LogP contribution in [0.2, 0.25) is 0 Å². The first-order valence-corrected chi connectivity index (χ1v) is 11.4. The van der Waals surface area contributed by atoms with Crippen molar-refractivity contribution in [2.75, 3.05) is 19.7 Å². The van der Waals surface area contributed by atoms with Gasteiger partial charge in [0.1, 0.15) is 0 Å². The fraction of sp³-hybridized carbons (Fsp3) is 0.364. The lowest BCUT2D eigenvalue weighted by atomic mass is 10.2. The summed E-state index contributed by atoms with van der Waals surface area (Å²) < 4.78 is 37.7. The first kappa shape index (κ1) is 22.9. The van der Waals surface area contributed by atoms with E-state index in [4.69, 9.17) is 9.47 Å². The fourth-order valence-electron chi connectivity index (χ4n) is 3.30. The van der Waals surface area contributed by atoms with Gasteiger partial charge in [0.15, 0.2) is 6.61 Å². The molecule has 0 spiro atoms. The van der Waals surface area contributed by atoms with E-state index >= 15 is 0 Å². The minimum Gasteiger partial charge on any atom is -0.452 e. The van der Waals surface area contributed by atoms with E-state index < -0.39 is 28.5 Å². The van der Waals surface area contributed by atoms with E-state index in [1.54, 1.807) is 0 Å². The quantitative estimate of drug-likeness (QED) is 0.653. The van der Waals surface area contributed by atoms with Crippen molar-refractivity contribution in [3.8, 4) is 0 Å². The second-order valence-electron chi connectivity index (χ2n) is 7.44. The predicted molar refractivity (Wildman–Crippen MR) is 114 cm³/mol. The van der Waals surface area contributed by atoms with E-state index in [-0.39, 0.29) is 35.8 Å². The number of hydrogen-bond acceptors (Lipinski definition) is 6. The van der Waals surface area contributed by atoms with Gasteiger partial charge in [-0.2, -0.15) is 4.31 Å². The van der Waals surface area contributed by atoms with Crippen molar-refractivity contribution in [3.05, 3.63) is 65.7 Å². The van der Waals surface area contributed by atoms with Gasteiger partial charge in [-0.1, -0.05) is 30.3 Å². The van der Waals surface area contributed by atoms with E-state index in [2.05, 4.69) is 5.32 Å². The van der Waals surface area contributed by atoms with Crippen LogP contribution in [-0.4, -0.2) is 56.5 Å². The predicted octanol–water partition coefficient (Wildman–Crippen LogP) is 1.96. The largest absolute Gasteiger partial charge is 0.452 e. The first-order valence-electron chi connectivity index (χ1n) is 9.99. The Morgan fingerprint density at radius 3 is 2.26 bits per heavy atom. The van der Waals surface area contributed by atoms with Gasteiger partial charge >= 0.3 is 5.97 Å². The summed E-state index contributed by atoms with van der Waals surface area (Å²) in [6.07, 6.45) is -0.387. The van der Waals surface area contributed by atoms with E-state index in [1.807, 2.05) is 44.2 Å². The lowest BCUT2D eigenvalue weighted by molar-refractivity contribution is -0.124. The molecule has 8 nitrogen and oxygen atoms in total. The molecule has 0 aliphatic carbocycles. The smallest absolute Gasteiger partial charge is 0.338 e. The summed E-state index contributed by atoms with van der Waals surface area (Å²) in [6, 6.07) is 14.9. The molecule has 1 amide bonds. The number of hydrogen-bond donors (Lipinski definition) is 1. The maximum absolute atomic E-state index is 12.9. The summed E-state index contributed by atoms with van der Waals surface area (Å²) in [7, 11) is -3.69. The third-order valence-electron chi connectivity index (χ3n) is 4.78. The van der Waals surface area contributed by atoms with Crippen molar-refractivity contribution in [2.45, 2.75) is 37.5 Å². The zero-order valence-electron chi connectivity index (χ0n) is 17.5. The summed E-state index contributed by atoms with van der Waals surface area (Å²) >= 11 is 0. The number of carbonyl (C=O) groups excluding carboxylic acids is 2. The number of rotatable bonds is 7. The van der Waals surface area contributed by atoms with Gasteiger partial charge in [0.25, 0.3) is 5.91 Å². The number of ether oxygens (including phenoxy) is 2. The molecule has 2 unspecified atom stereocenters. The molecule has 31 heavy (non-hydrogen) atoms. The molecule has 0 radical (unpaired) electrons. The van der Waals surface area contributed by atoms with Crippen LogP contribution in [0.15, 0.2) is 59.5 Å². The van der Waals surface area contributed by atoms with Gasteiger partial charge in [0.05, 0.1) is 22.7 Å². The van der Waals surface area contributed by atoms with Crippen molar-refractivity contribution in [1.29, 1.82) is 0 Å². The van der Waals surface area contributed by atoms with Crippen LogP contribution in [0.1, 0.15) is 29.8 Å². The second-order valence-corrected chi connectivity index (χ2v) is 9.38. The number of esters is 1. The summed E-state index contributed by atoms with van der Waals surface area (Å²) in [5, 5.41) is 2.67. The number of carbonyl (C=O) groups is 2. The molecule has 9 heteroatoms. The van der Waals surface area contributed by atoms with Crippen molar-refractivity contribution < 1.29 is 27.5 Å². The van der Waals surface area contributed by atoms with E-state index in [9.17, 15) is 18.0 Å². The summed E-state index contributed by atoms with van der Waals surface area (Å²) in [4.78, 5) is 24.2. The van der Waals surface area contributed by atoms with Crippen LogP contribution in [0, 0.1) is 0 Å². The molecule has 1 fully saturated rings. The maximum atomic E-state index is 12.9. The van der Waals surface area contributed by atoms with E-state index in [0.29, 0.717) is 6.54 Å². The Kier molecular flexibility index (Phi) is 7.42. The van der Waals surface area contributed by atoms with Crippen LogP contribution in [0.3, 0.4) is 0 Å². The van der Waals surface area contributed by atoms with Crippen LogP contribution in [0.5, 0.6) is 0 Å². The highest BCUT2D eigenvalue weighted by molar-refractivity contribution is 7.89. The van der Waals surface area contributed by atoms with Crippen LogP contribution in [-0.2, 0) is 30.8 Å². The third-order valence-corrected chi connectivity index (χ3v) is 6.63. The molecule has 0 saturated carbocycles. The molecular formula is C22H26N2O6S. The third kappa shape index (κ3) is 6.13. The molecule has 1 aliphatic rings.